The molecule has 4 aromatic rings. The highest BCUT2D eigenvalue weighted by Gasteiger charge is 2.38. The lowest BCUT2D eigenvalue weighted by Crippen LogP contribution is -2.16. The number of nitrogens with zero attached hydrogens (tertiary/aromatic N) is 7. The van der Waals surface area contributed by atoms with Gasteiger partial charge in [0.25, 0.3) is 0 Å². The van der Waals surface area contributed by atoms with Crippen molar-refractivity contribution in [2.75, 3.05) is 0 Å². The average molecular weight is 580 g/mol. The van der Waals surface area contributed by atoms with E-state index in [-0.39, 0.29) is 22.9 Å². The van der Waals surface area contributed by atoms with Crippen LogP contribution in [0.25, 0.3) is 0 Å². The largest absolute Gasteiger partial charge is 0.264 e. The molecule has 42 heavy (non-hydrogen) atoms. The van der Waals surface area contributed by atoms with Crippen molar-refractivity contribution in [1.29, 1.82) is 0 Å². The highest BCUT2D eigenvalue weighted by Crippen LogP contribution is 2.41. The third-order valence-corrected chi connectivity index (χ3v) is 6.92. The molecule has 0 spiro atoms. The van der Waals surface area contributed by atoms with E-state index in [1.165, 1.54) is 0 Å². The van der Waals surface area contributed by atoms with Gasteiger partial charge in [0, 0.05) is 36.1 Å². The van der Waals surface area contributed by atoms with Crippen LogP contribution in [0.3, 0.4) is 0 Å². The van der Waals surface area contributed by atoms with E-state index in [0.29, 0.717) is 36.1 Å². The molecule has 7 nitrogen and oxygen atoms in total. The Balaban J connectivity index is 0.000000206. The molecule has 0 saturated heterocycles. The smallest absolute Gasteiger partial charge is 0.162 e. The zero-order chi connectivity index (χ0) is 31.2. The summed E-state index contributed by atoms with van der Waals surface area (Å²) in [6.07, 6.45) is 2.25. The normalized spacial score (nSPS) is 20.7. The van der Waals surface area contributed by atoms with Gasteiger partial charge < -0.3 is 0 Å². The zero-order valence-electron chi connectivity index (χ0n) is 26.8. The molecular weight excluding hydrogens is 532 g/mol. The minimum atomic E-state index is -1.05. The fourth-order valence-electron chi connectivity index (χ4n) is 4.80. The summed E-state index contributed by atoms with van der Waals surface area (Å²) in [7, 11) is 0. The summed E-state index contributed by atoms with van der Waals surface area (Å²) in [5.41, 5.74) is 1.75. The first kappa shape index (κ1) is 33.0. The van der Waals surface area contributed by atoms with Crippen LogP contribution in [0.4, 0.5) is 8.78 Å². The monoisotopic (exact) mass is 579 g/mol. The molecule has 3 aromatic heterocycles. The van der Waals surface area contributed by atoms with Crippen LogP contribution in [-0.4, -0.2) is 34.5 Å². The molecule has 0 fully saturated rings. The molecule has 6 rings (SSSR count). The Bertz CT molecular complexity index is 1280. The average Bonchev–Trinajstić information content (AvgIpc) is 3.75. The Morgan fingerprint density at radius 3 is 1.48 bits per heavy atom. The summed E-state index contributed by atoms with van der Waals surface area (Å²) < 4.78 is 31.7. The van der Waals surface area contributed by atoms with Crippen molar-refractivity contribution in [2.45, 2.75) is 117 Å². The molecule has 0 amide bonds. The summed E-state index contributed by atoms with van der Waals surface area (Å²) in [6.45, 7) is 20.2. The van der Waals surface area contributed by atoms with Gasteiger partial charge in [-0.25, -0.2) is 28.1 Å². The molecule has 0 radical (unpaired) electrons. The lowest BCUT2D eigenvalue weighted by Gasteiger charge is -2.15. The van der Waals surface area contributed by atoms with Gasteiger partial charge in [-0.3, -0.25) is 4.98 Å². The summed E-state index contributed by atoms with van der Waals surface area (Å²) in [6, 6.07) is 13.6. The first-order chi connectivity index (χ1) is 19.9. The van der Waals surface area contributed by atoms with Crippen molar-refractivity contribution in [3.63, 3.8) is 0 Å². The maximum absolute atomic E-state index is 14.1. The number of halogens is 2. The Hall–Kier alpha value is -3.49. The van der Waals surface area contributed by atoms with Crippen LogP contribution in [0.2, 0.25) is 0 Å². The first-order valence-electron chi connectivity index (χ1n) is 15.1. The van der Waals surface area contributed by atoms with Gasteiger partial charge in [0.2, 0.25) is 0 Å². The third-order valence-electron chi connectivity index (χ3n) is 6.92. The predicted octanol–water partition coefficient (Wildman–Crippen LogP) is 8.61. The standard InChI is InChI=1S/C15H18FN3.C14H17FN4.2C2H6/c1-15(2,3)14-17-13-11(16)9-12(19(13)18-14)10-7-5-4-6-8-10;1-14(2,3)13-17-12-10(15)7-11(19(12)18-13)9-5-4-6-16-8-9;2*1-2/h4-8,11-12H,9H2,1-3H3;4-6,8,10-11H,7H2,1-3H3;2*1-2H3/t11-,12-;10-,11-;;/m00../s1. The van der Waals surface area contributed by atoms with E-state index in [1.54, 1.807) is 21.8 Å². The van der Waals surface area contributed by atoms with E-state index >= 15 is 0 Å². The quantitative estimate of drug-likeness (QED) is 0.238. The van der Waals surface area contributed by atoms with E-state index in [2.05, 4.69) is 25.1 Å². The summed E-state index contributed by atoms with van der Waals surface area (Å²) in [5.74, 6) is 2.32. The topological polar surface area (TPSA) is 74.3 Å². The van der Waals surface area contributed by atoms with Gasteiger partial charge in [0.1, 0.15) is 0 Å². The van der Waals surface area contributed by atoms with E-state index < -0.39 is 12.3 Å². The Morgan fingerprint density at radius 1 is 0.643 bits per heavy atom. The summed E-state index contributed by atoms with van der Waals surface area (Å²) >= 11 is 0. The SMILES string of the molecule is CC.CC.CC(C)(C)c1nc2n(n1)[C@H](c1ccccc1)C[C@@H]2F.CC(C)(C)c1nc2n(n1)[C@H](c1cccnc1)C[C@@H]2F. The molecule has 0 N–H and O–H groups in total. The number of hydrogen-bond acceptors (Lipinski definition) is 5. The predicted molar refractivity (Wildman–Crippen MR) is 164 cm³/mol. The molecular formula is C33H47F2N7. The number of benzene rings is 1. The molecule has 5 heterocycles. The second-order valence-corrected chi connectivity index (χ2v) is 12.1. The van der Waals surface area contributed by atoms with Gasteiger partial charge in [-0.1, -0.05) is 106 Å². The molecule has 0 saturated carbocycles. The summed E-state index contributed by atoms with van der Waals surface area (Å²) in [5, 5.41) is 9.04. The maximum atomic E-state index is 14.1. The number of pyridine rings is 1. The Morgan fingerprint density at radius 2 is 1.07 bits per heavy atom. The highest BCUT2D eigenvalue weighted by molar-refractivity contribution is 5.24. The molecule has 0 aliphatic carbocycles. The van der Waals surface area contributed by atoms with Crippen LogP contribution < -0.4 is 0 Å². The second-order valence-electron chi connectivity index (χ2n) is 12.1. The minimum Gasteiger partial charge on any atom is -0.264 e. The second kappa shape index (κ2) is 13.7. The van der Waals surface area contributed by atoms with Gasteiger partial charge in [-0.15, -0.1) is 0 Å². The van der Waals surface area contributed by atoms with Crippen LogP contribution in [0.15, 0.2) is 54.9 Å². The van der Waals surface area contributed by atoms with E-state index in [9.17, 15) is 8.78 Å². The third kappa shape index (κ3) is 7.10. The highest BCUT2D eigenvalue weighted by atomic mass is 19.1. The Labute approximate surface area is 249 Å². The van der Waals surface area contributed by atoms with Gasteiger partial charge in [-0.2, -0.15) is 10.2 Å². The van der Waals surface area contributed by atoms with Gasteiger partial charge in [-0.05, 0) is 17.2 Å². The van der Waals surface area contributed by atoms with Gasteiger partial charge >= 0.3 is 0 Å². The minimum absolute atomic E-state index is 0.0326. The molecule has 0 bridgehead atoms. The van der Waals surface area contributed by atoms with Crippen molar-refractivity contribution in [3.05, 3.63) is 89.3 Å². The molecule has 0 unspecified atom stereocenters. The van der Waals surface area contributed by atoms with Crippen molar-refractivity contribution >= 4 is 0 Å². The fraction of sp³-hybridized carbons (Fsp3) is 0.545. The van der Waals surface area contributed by atoms with Crippen molar-refractivity contribution < 1.29 is 8.78 Å². The molecule has 228 valence electrons. The molecule has 4 atom stereocenters. The number of alkyl halides is 2. The van der Waals surface area contributed by atoms with Crippen LogP contribution in [-0.2, 0) is 10.8 Å². The molecule has 2 aliphatic heterocycles. The van der Waals surface area contributed by atoms with Gasteiger partial charge in [0.05, 0.1) is 12.1 Å². The fourth-order valence-corrected chi connectivity index (χ4v) is 4.80. The number of rotatable bonds is 2. The number of aromatic nitrogens is 7. The molecule has 1 aromatic carbocycles. The Kier molecular flexibility index (Phi) is 10.7. The number of hydrogen-bond donors (Lipinski definition) is 0. The van der Waals surface area contributed by atoms with Crippen LogP contribution in [0.5, 0.6) is 0 Å². The van der Waals surface area contributed by atoms with Crippen LogP contribution >= 0.6 is 0 Å². The lowest BCUT2D eigenvalue weighted by molar-refractivity contribution is 0.326. The van der Waals surface area contributed by atoms with E-state index in [4.69, 9.17) is 0 Å². The van der Waals surface area contributed by atoms with E-state index in [1.807, 2.05) is 112 Å². The van der Waals surface area contributed by atoms with Crippen LogP contribution in [0, 0.1) is 0 Å². The van der Waals surface area contributed by atoms with E-state index in [0.717, 1.165) is 11.1 Å². The first-order valence-corrected chi connectivity index (χ1v) is 15.1. The molecule has 9 heteroatoms. The lowest BCUT2D eigenvalue weighted by atomic mass is 9.96. The van der Waals surface area contributed by atoms with Crippen molar-refractivity contribution in [2.24, 2.45) is 0 Å². The van der Waals surface area contributed by atoms with Crippen molar-refractivity contribution in [1.82, 2.24) is 34.5 Å². The van der Waals surface area contributed by atoms with Crippen molar-refractivity contribution in [3.8, 4) is 0 Å². The maximum Gasteiger partial charge on any atom is 0.162 e. The zero-order valence-corrected chi connectivity index (χ0v) is 26.8. The molecule has 2 aliphatic rings. The van der Waals surface area contributed by atoms with Crippen LogP contribution in [0.1, 0.15) is 141 Å². The van der Waals surface area contributed by atoms with Gasteiger partial charge in [0.15, 0.2) is 35.6 Å². The number of fused-ring (bicyclic) bond motifs is 2. The summed E-state index contributed by atoms with van der Waals surface area (Å²) in [4.78, 5) is 12.9.